The quantitative estimate of drug-likeness (QED) is 0.628. The largest absolute Gasteiger partial charge is 0.320 e. The molecular formula is C17H18N2O2. The van der Waals surface area contributed by atoms with E-state index in [-0.39, 0.29) is 30.2 Å². The Morgan fingerprint density at radius 1 is 1.24 bits per heavy atom. The molecule has 2 atom stereocenters. The first-order chi connectivity index (χ1) is 10.1. The second kappa shape index (κ2) is 5.34. The van der Waals surface area contributed by atoms with Gasteiger partial charge in [-0.05, 0) is 37.5 Å². The van der Waals surface area contributed by atoms with Gasteiger partial charge in [-0.3, -0.25) is 9.59 Å². The van der Waals surface area contributed by atoms with Gasteiger partial charge in [0, 0.05) is 5.56 Å². The van der Waals surface area contributed by atoms with E-state index in [0.717, 1.165) is 24.8 Å². The maximum atomic E-state index is 12.5. The lowest BCUT2D eigenvalue weighted by atomic mass is 10.00. The molecule has 1 heterocycles. The van der Waals surface area contributed by atoms with E-state index in [1.165, 1.54) is 4.90 Å². The second-order valence-electron chi connectivity index (χ2n) is 5.68. The van der Waals surface area contributed by atoms with Gasteiger partial charge in [-0.2, -0.15) is 0 Å². The van der Waals surface area contributed by atoms with E-state index in [1.807, 2.05) is 25.1 Å². The van der Waals surface area contributed by atoms with Crippen LogP contribution in [0, 0.1) is 30.6 Å². The third-order valence-corrected chi connectivity index (χ3v) is 4.31. The number of imide groups is 1. The van der Waals surface area contributed by atoms with Gasteiger partial charge in [0.2, 0.25) is 11.8 Å². The number of nitrogens with zero attached hydrogens (tertiary/aromatic N) is 1. The lowest BCUT2D eigenvalue weighted by Crippen LogP contribution is -2.32. The maximum Gasteiger partial charge on any atom is 0.237 e. The van der Waals surface area contributed by atoms with Crippen LogP contribution in [-0.4, -0.2) is 18.4 Å². The topological polar surface area (TPSA) is 63.4 Å². The molecule has 1 aliphatic heterocycles. The van der Waals surface area contributed by atoms with E-state index < -0.39 is 0 Å². The monoisotopic (exact) mass is 282 g/mol. The van der Waals surface area contributed by atoms with Crippen molar-refractivity contribution in [3.8, 4) is 11.8 Å². The Hall–Kier alpha value is -2.12. The molecule has 108 valence electrons. The first-order valence-corrected chi connectivity index (χ1v) is 7.31. The summed E-state index contributed by atoms with van der Waals surface area (Å²) >= 11 is 0. The fraction of sp³-hybridized carbons (Fsp3) is 0.412. The van der Waals surface area contributed by atoms with Crippen LogP contribution >= 0.6 is 0 Å². The number of benzene rings is 1. The highest BCUT2D eigenvalue weighted by Crippen LogP contribution is 2.42. The van der Waals surface area contributed by atoms with Gasteiger partial charge in [0.05, 0.1) is 24.1 Å². The van der Waals surface area contributed by atoms with Crippen molar-refractivity contribution >= 4 is 17.5 Å². The van der Waals surface area contributed by atoms with Gasteiger partial charge in [-0.1, -0.05) is 24.3 Å². The highest BCUT2D eigenvalue weighted by molar-refractivity contribution is 6.22. The van der Waals surface area contributed by atoms with Crippen molar-refractivity contribution in [3.63, 3.8) is 0 Å². The predicted octanol–water partition coefficient (Wildman–Crippen LogP) is 1.59. The predicted molar refractivity (Wildman–Crippen MR) is 80.4 cm³/mol. The van der Waals surface area contributed by atoms with Crippen LogP contribution in [0.25, 0.3) is 0 Å². The number of hydrogen-bond acceptors (Lipinski definition) is 3. The van der Waals surface area contributed by atoms with Crippen LogP contribution in [0.5, 0.6) is 0 Å². The molecule has 0 bridgehead atoms. The summed E-state index contributed by atoms with van der Waals surface area (Å²) in [5.74, 6) is 5.38. The number of aryl methyl sites for hydroxylation is 1. The summed E-state index contributed by atoms with van der Waals surface area (Å²) in [5, 5.41) is 0. The van der Waals surface area contributed by atoms with Crippen molar-refractivity contribution in [1.29, 1.82) is 0 Å². The molecule has 1 aromatic carbocycles. The van der Waals surface area contributed by atoms with Crippen molar-refractivity contribution in [2.24, 2.45) is 17.6 Å². The molecule has 2 fully saturated rings. The number of carbonyl (C=O) groups is 2. The van der Waals surface area contributed by atoms with Gasteiger partial charge in [-0.25, -0.2) is 4.90 Å². The number of rotatable bonds is 1. The zero-order chi connectivity index (χ0) is 15.0. The van der Waals surface area contributed by atoms with E-state index in [0.29, 0.717) is 11.3 Å². The molecule has 1 saturated carbocycles. The first-order valence-electron chi connectivity index (χ1n) is 7.31. The van der Waals surface area contributed by atoms with E-state index in [9.17, 15) is 9.59 Å². The van der Waals surface area contributed by atoms with Crippen molar-refractivity contribution in [2.75, 3.05) is 11.4 Å². The second-order valence-corrected chi connectivity index (χ2v) is 5.68. The summed E-state index contributed by atoms with van der Waals surface area (Å²) in [6.07, 6.45) is 2.61. The smallest absolute Gasteiger partial charge is 0.237 e. The summed E-state index contributed by atoms with van der Waals surface area (Å²) < 4.78 is 0. The number of carbonyl (C=O) groups excluding carboxylic acids is 2. The SMILES string of the molecule is Cc1ccc(N2C(=O)C3CCCC3C2=O)c(C#CCN)c1. The molecule has 3 rings (SSSR count). The van der Waals surface area contributed by atoms with Crippen LogP contribution in [-0.2, 0) is 9.59 Å². The van der Waals surface area contributed by atoms with Crippen LogP contribution in [0.15, 0.2) is 18.2 Å². The van der Waals surface area contributed by atoms with Gasteiger partial charge in [0.25, 0.3) is 0 Å². The Balaban J connectivity index is 2.04. The summed E-state index contributed by atoms with van der Waals surface area (Å²) in [6, 6.07) is 5.61. The maximum absolute atomic E-state index is 12.5. The summed E-state index contributed by atoms with van der Waals surface area (Å²) in [4.78, 5) is 26.4. The molecule has 1 aromatic rings. The first kappa shape index (κ1) is 13.8. The number of anilines is 1. The third-order valence-electron chi connectivity index (χ3n) is 4.31. The van der Waals surface area contributed by atoms with E-state index >= 15 is 0 Å². The molecule has 4 nitrogen and oxygen atoms in total. The van der Waals surface area contributed by atoms with Gasteiger partial charge in [-0.15, -0.1) is 0 Å². The number of hydrogen-bond donors (Lipinski definition) is 1. The van der Waals surface area contributed by atoms with Crippen LogP contribution < -0.4 is 10.6 Å². The van der Waals surface area contributed by atoms with Crippen molar-refractivity contribution in [2.45, 2.75) is 26.2 Å². The van der Waals surface area contributed by atoms with Gasteiger partial charge in [0.15, 0.2) is 0 Å². The minimum atomic E-state index is -0.130. The van der Waals surface area contributed by atoms with Gasteiger partial charge < -0.3 is 5.73 Å². The van der Waals surface area contributed by atoms with Gasteiger partial charge in [0.1, 0.15) is 0 Å². The Labute approximate surface area is 124 Å². The number of amides is 2. The zero-order valence-corrected chi connectivity index (χ0v) is 12.1. The van der Waals surface area contributed by atoms with Crippen LogP contribution in [0.2, 0.25) is 0 Å². The average molecular weight is 282 g/mol. The summed E-state index contributed by atoms with van der Waals surface area (Å²) in [5.41, 5.74) is 7.77. The minimum Gasteiger partial charge on any atom is -0.320 e. The van der Waals surface area contributed by atoms with Gasteiger partial charge >= 0.3 is 0 Å². The standard InChI is InChI=1S/C17H18N2O2/c1-11-7-8-15(12(10-11)4-3-9-18)19-16(20)13-5-2-6-14(13)17(19)21/h7-8,10,13-14H,2,5-6,9,18H2,1H3. The molecule has 2 aliphatic rings. The Bertz CT molecular complexity index is 647. The average Bonchev–Trinajstić information content (AvgIpc) is 3.03. The molecule has 2 N–H and O–H groups in total. The van der Waals surface area contributed by atoms with E-state index in [1.54, 1.807) is 0 Å². The lowest BCUT2D eigenvalue weighted by molar-refractivity contribution is -0.122. The van der Waals surface area contributed by atoms with Crippen molar-refractivity contribution in [1.82, 2.24) is 0 Å². The fourth-order valence-electron chi connectivity index (χ4n) is 3.32. The summed E-state index contributed by atoms with van der Waals surface area (Å²) in [7, 11) is 0. The molecule has 21 heavy (non-hydrogen) atoms. The van der Waals surface area contributed by atoms with Crippen molar-refractivity contribution in [3.05, 3.63) is 29.3 Å². The number of fused-ring (bicyclic) bond motifs is 1. The zero-order valence-electron chi connectivity index (χ0n) is 12.1. The molecule has 4 heteroatoms. The molecule has 1 saturated heterocycles. The van der Waals surface area contributed by atoms with Crippen LogP contribution in [0.1, 0.15) is 30.4 Å². The normalized spacial score (nSPS) is 24.0. The Kier molecular flexibility index (Phi) is 3.52. The van der Waals surface area contributed by atoms with E-state index in [4.69, 9.17) is 5.73 Å². The highest BCUT2D eigenvalue weighted by atomic mass is 16.2. The molecule has 1 aliphatic carbocycles. The Morgan fingerprint density at radius 3 is 2.52 bits per heavy atom. The minimum absolute atomic E-state index is 0.0675. The molecular weight excluding hydrogens is 264 g/mol. The molecule has 0 aromatic heterocycles. The fourth-order valence-corrected chi connectivity index (χ4v) is 3.32. The highest BCUT2D eigenvalue weighted by Gasteiger charge is 2.50. The van der Waals surface area contributed by atoms with E-state index in [2.05, 4.69) is 11.8 Å². The number of nitrogens with two attached hydrogens (primary N) is 1. The third kappa shape index (κ3) is 2.24. The summed E-state index contributed by atoms with van der Waals surface area (Å²) in [6.45, 7) is 2.21. The van der Waals surface area contributed by atoms with Crippen LogP contribution in [0.3, 0.4) is 0 Å². The Morgan fingerprint density at radius 2 is 1.90 bits per heavy atom. The van der Waals surface area contributed by atoms with Crippen molar-refractivity contribution < 1.29 is 9.59 Å². The molecule has 0 radical (unpaired) electrons. The lowest BCUT2D eigenvalue weighted by Gasteiger charge is -2.18. The molecule has 2 amide bonds. The van der Waals surface area contributed by atoms with Crippen LogP contribution in [0.4, 0.5) is 5.69 Å². The molecule has 0 spiro atoms. The molecule has 2 unspecified atom stereocenters.